The van der Waals surface area contributed by atoms with Gasteiger partial charge in [-0.3, -0.25) is 4.79 Å². The van der Waals surface area contributed by atoms with Crippen molar-refractivity contribution >= 4 is 33.4 Å². The number of nitrogens with two attached hydrogens (primary N) is 1. The molecule has 3 nitrogen and oxygen atoms in total. The minimum atomic E-state index is 0.0106. The van der Waals surface area contributed by atoms with Crippen LogP contribution in [-0.2, 0) is 0 Å². The predicted molar refractivity (Wildman–Crippen MR) is 67.6 cm³/mol. The van der Waals surface area contributed by atoms with E-state index in [1.807, 2.05) is 0 Å². The van der Waals surface area contributed by atoms with Gasteiger partial charge in [0.2, 0.25) is 0 Å². The maximum atomic E-state index is 12.1. The molecule has 0 aliphatic carbocycles. The van der Waals surface area contributed by atoms with Crippen molar-refractivity contribution in [1.29, 1.82) is 0 Å². The van der Waals surface area contributed by atoms with Gasteiger partial charge in [-0.1, -0.05) is 11.6 Å². The Hall–Kier alpha value is -0.580. The number of nitrogens with zero attached hydrogens (tertiary/aromatic N) is 1. The van der Waals surface area contributed by atoms with Gasteiger partial charge in [0.15, 0.2) is 0 Å². The lowest BCUT2D eigenvalue weighted by Crippen LogP contribution is -2.32. The molecule has 2 N–H and O–H groups in total. The number of benzene rings is 1. The molecule has 1 aliphatic rings. The SMILES string of the molecule is N[C@H]1CCN(C(=O)c2ccc(Cl)cc2Br)C1. The lowest BCUT2D eigenvalue weighted by atomic mass is 10.2. The summed E-state index contributed by atoms with van der Waals surface area (Å²) in [6.45, 7) is 1.36. The highest BCUT2D eigenvalue weighted by atomic mass is 79.9. The van der Waals surface area contributed by atoms with Crippen molar-refractivity contribution in [3.63, 3.8) is 0 Å². The summed E-state index contributed by atoms with van der Waals surface area (Å²) in [5.41, 5.74) is 6.41. The molecule has 1 heterocycles. The van der Waals surface area contributed by atoms with Crippen molar-refractivity contribution in [3.8, 4) is 0 Å². The van der Waals surface area contributed by atoms with E-state index in [4.69, 9.17) is 17.3 Å². The molecule has 86 valence electrons. The Morgan fingerprint density at radius 1 is 1.56 bits per heavy atom. The number of hydrogen-bond donors (Lipinski definition) is 1. The van der Waals surface area contributed by atoms with Gasteiger partial charge < -0.3 is 10.6 Å². The second-order valence-electron chi connectivity index (χ2n) is 3.92. The molecule has 5 heteroatoms. The number of likely N-dealkylation sites (tertiary alicyclic amines) is 1. The number of carbonyl (C=O) groups is 1. The first-order valence-corrected chi connectivity index (χ1v) is 6.25. The first kappa shape index (κ1) is 11.9. The molecule has 0 radical (unpaired) electrons. The fourth-order valence-electron chi connectivity index (χ4n) is 1.81. The zero-order valence-corrected chi connectivity index (χ0v) is 11.0. The van der Waals surface area contributed by atoms with Gasteiger partial charge in [0.1, 0.15) is 0 Å². The predicted octanol–water partition coefficient (Wildman–Crippen LogP) is 2.28. The summed E-state index contributed by atoms with van der Waals surface area (Å²) >= 11 is 9.18. The third-order valence-corrected chi connectivity index (χ3v) is 3.56. The maximum absolute atomic E-state index is 12.1. The van der Waals surface area contributed by atoms with E-state index in [9.17, 15) is 4.79 Å². The Bertz CT molecular complexity index is 424. The molecule has 0 saturated carbocycles. The van der Waals surface area contributed by atoms with E-state index < -0.39 is 0 Å². The molecule has 1 aromatic carbocycles. The van der Waals surface area contributed by atoms with Crippen molar-refractivity contribution in [1.82, 2.24) is 4.90 Å². The quantitative estimate of drug-likeness (QED) is 0.865. The Kier molecular flexibility index (Phi) is 3.52. The van der Waals surface area contributed by atoms with Gasteiger partial charge in [-0.2, -0.15) is 0 Å². The van der Waals surface area contributed by atoms with E-state index in [2.05, 4.69) is 15.9 Å². The monoisotopic (exact) mass is 302 g/mol. The lowest BCUT2D eigenvalue weighted by Gasteiger charge is -2.16. The van der Waals surface area contributed by atoms with Crippen molar-refractivity contribution in [2.24, 2.45) is 5.73 Å². The van der Waals surface area contributed by atoms with Gasteiger partial charge in [-0.05, 0) is 40.5 Å². The van der Waals surface area contributed by atoms with E-state index in [0.29, 0.717) is 17.1 Å². The summed E-state index contributed by atoms with van der Waals surface area (Å²) in [7, 11) is 0. The minimum Gasteiger partial charge on any atom is -0.337 e. The van der Waals surface area contributed by atoms with Gasteiger partial charge in [-0.25, -0.2) is 0 Å². The number of carbonyl (C=O) groups excluding carboxylic acids is 1. The van der Waals surface area contributed by atoms with Gasteiger partial charge in [0.05, 0.1) is 5.56 Å². The summed E-state index contributed by atoms with van der Waals surface area (Å²) in [5.74, 6) is 0.0106. The maximum Gasteiger partial charge on any atom is 0.255 e. The van der Waals surface area contributed by atoms with E-state index in [-0.39, 0.29) is 11.9 Å². The lowest BCUT2D eigenvalue weighted by molar-refractivity contribution is 0.0790. The summed E-state index contributed by atoms with van der Waals surface area (Å²) in [4.78, 5) is 13.9. The van der Waals surface area contributed by atoms with Crippen LogP contribution >= 0.6 is 27.5 Å². The average Bonchev–Trinajstić information content (AvgIpc) is 2.64. The van der Waals surface area contributed by atoms with E-state index in [1.165, 1.54) is 0 Å². The summed E-state index contributed by atoms with van der Waals surface area (Å²) in [6.07, 6.45) is 0.872. The first-order valence-electron chi connectivity index (χ1n) is 5.08. The van der Waals surface area contributed by atoms with Crippen LogP contribution in [0.25, 0.3) is 0 Å². The topological polar surface area (TPSA) is 46.3 Å². The largest absolute Gasteiger partial charge is 0.337 e. The van der Waals surface area contributed by atoms with Crippen LogP contribution in [0.2, 0.25) is 5.02 Å². The molecular weight excluding hydrogens is 291 g/mol. The van der Waals surface area contributed by atoms with Gasteiger partial charge in [-0.15, -0.1) is 0 Å². The van der Waals surface area contributed by atoms with Crippen LogP contribution < -0.4 is 5.73 Å². The van der Waals surface area contributed by atoms with Crippen LogP contribution in [0.15, 0.2) is 22.7 Å². The van der Waals surface area contributed by atoms with Crippen LogP contribution in [0, 0.1) is 0 Å². The van der Waals surface area contributed by atoms with Crippen LogP contribution in [0.5, 0.6) is 0 Å². The Labute approximate surface area is 108 Å². The van der Waals surface area contributed by atoms with Gasteiger partial charge in [0, 0.05) is 28.6 Å². The van der Waals surface area contributed by atoms with Crippen molar-refractivity contribution < 1.29 is 4.79 Å². The Morgan fingerprint density at radius 3 is 2.88 bits per heavy atom. The Morgan fingerprint density at radius 2 is 2.31 bits per heavy atom. The highest BCUT2D eigenvalue weighted by Gasteiger charge is 2.25. The highest BCUT2D eigenvalue weighted by Crippen LogP contribution is 2.24. The number of halogens is 2. The van der Waals surface area contributed by atoms with Gasteiger partial charge in [0.25, 0.3) is 5.91 Å². The van der Waals surface area contributed by atoms with Crippen LogP contribution in [0.1, 0.15) is 16.8 Å². The third kappa shape index (κ3) is 2.39. The van der Waals surface area contributed by atoms with E-state index in [0.717, 1.165) is 17.4 Å². The van der Waals surface area contributed by atoms with E-state index in [1.54, 1.807) is 23.1 Å². The normalized spacial score (nSPS) is 20.2. The van der Waals surface area contributed by atoms with Crippen LogP contribution in [-0.4, -0.2) is 29.9 Å². The zero-order valence-electron chi connectivity index (χ0n) is 8.62. The highest BCUT2D eigenvalue weighted by molar-refractivity contribution is 9.10. The molecule has 2 rings (SSSR count). The molecule has 1 fully saturated rings. The molecule has 1 aliphatic heterocycles. The second kappa shape index (κ2) is 4.73. The molecule has 0 unspecified atom stereocenters. The fourth-order valence-corrected chi connectivity index (χ4v) is 2.66. The van der Waals surface area contributed by atoms with Gasteiger partial charge >= 0.3 is 0 Å². The Balaban J connectivity index is 2.21. The molecular formula is C11H12BrClN2O. The fraction of sp³-hybridized carbons (Fsp3) is 0.364. The minimum absolute atomic E-state index is 0.0106. The van der Waals surface area contributed by atoms with Crippen molar-refractivity contribution in [2.75, 3.05) is 13.1 Å². The van der Waals surface area contributed by atoms with Crippen LogP contribution in [0.3, 0.4) is 0 Å². The average molecular weight is 304 g/mol. The van der Waals surface area contributed by atoms with Crippen LogP contribution in [0.4, 0.5) is 0 Å². The molecule has 0 bridgehead atoms. The van der Waals surface area contributed by atoms with Crippen molar-refractivity contribution in [2.45, 2.75) is 12.5 Å². The van der Waals surface area contributed by atoms with E-state index >= 15 is 0 Å². The third-order valence-electron chi connectivity index (χ3n) is 2.67. The molecule has 1 atom stereocenters. The summed E-state index contributed by atoms with van der Waals surface area (Å²) < 4.78 is 0.727. The number of rotatable bonds is 1. The standard InChI is InChI=1S/C11H12BrClN2O/c12-10-5-7(13)1-2-9(10)11(16)15-4-3-8(14)6-15/h1-2,5,8H,3-4,6,14H2/t8-/m0/s1. The molecule has 1 amide bonds. The molecule has 0 aromatic heterocycles. The smallest absolute Gasteiger partial charge is 0.255 e. The molecule has 1 aromatic rings. The molecule has 16 heavy (non-hydrogen) atoms. The molecule has 0 spiro atoms. The number of amides is 1. The second-order valence-corrected chi connectivity index (χ2v) is 5.21. The summed E-state index contributed by atoms with van der Waals surface area (Å²) in [5, 5.41) is 0.613. The number of hydrogen-bond acceptors (Lipinski definition) is 2. The van der Waals surface area contributed by atoms with Crippen molar-refractivity contribution in [3.05, 3.63) is 33.3 Å². The molecule has 1 saturated heterocycles. The first-order chi connectivity index (χ1) is 7.58. The zero-order chi connectivity index (χ0) is 11.7. The summed E-state index contributed by atoms with van der Waals surface area (Å²) in [6, 6.07) is 5.29.